The molecule has 0 aliphatic heterocycles. The SMILES string of the molecule is CS(=O)(=O)OCCc1ccc(Nc2ncc3c(n2)-c2ccccc2C(c2cccc(Br)c2)C3)cc1. The lowest BCUT2D eigenvalue weighted by Gasteiger charge is -2.27. The predicted molar refractivity (Wildman–Crippen MR) is 141 cm³/mol. The zero-order chi connectivity index (χ0) is 24.4. The Hall–Kier alpha value is -3.07. The number of rotatable bonds is 7. The van der Waals surface area contributed by atoms with E-state index in [0.29, 0.717) is 12.4 Å². The summed E-state index contributed by atoms with van der Waals surface area (Å²) in [5, 5.41) is 3.29. The largest absolute Gasteiger partial charge is 0.324 e. The van der Waals surface area contributed by atoms with Gasteiger partial charge in [0.25, 0.3) is 10.1 Å². The molecule has 8 heteroatoms. The molecular formula is C27H24BrN3O3S. The Morgan fingerprint density at radius 3 is 2.63 bits per heavy atom. The molecule has 5 rings (SSSR count). The van der Waals surface area contributed by atoms with Gasteiger partial charge in [0.05, 0.1) is 18.6 Å². The Balaban J connectivity index is 1.36. The van der Waals surface area contributed by atoms with Crippen molar-refractivity contribution in [3.63, 3.8) is 0 Å². The van der Waals surface area contributed by atoms with Crippen LogP contribution in [0.3, 0.4) is 0 Å². The number of benzene rings is 3. The van der Waals surface area contributed by atoms with Crippen LogP contribution in [0.5, 0.6) is 0 Å². The van der Waals surface area contributed by atoms with Gasteiger partial charge in [-0.1, -0.05) is 64.5 Å². The minimum atomic E-state index is -3.42. The number of anilines is 2. The fraction of sp³-hybridized carbons (Fsp3) is 0.185. The van der Waals surface area contributed by atoms with E-state index in [9.17, 15) is 8.42 Å². The number of hydrogen-bond donors (Lipinski definition) is 1. The second-order valence-corrected chi connectivity index (χ2v) is 11.1. The third-order valence-electron chi connectivity index (χ3n) is 6.03. The van der Waals surface area contributed by atoms with Gasteiger partial charge in [-0.25, -0.2) is 9.97 Å². The van der Waals surface area contributed by atoms with Crippen LogP contribution in [0.2, 0.25) is 0 Å². The van der Waals surface area contributed by atoms with Crippen LogP contribution >= 0.6 is 15.9 Å². The first-order valence-corrected chi connectivity index (χ1v) is 13.9. The second kappa shape index (κ2) is 9.89. The Labute approximate surface area is 213 Å². The molecule has 0 radical (unpaired) electrons. The van der Waals surface area contributed by atoms with Crippen molar-refractivity contribution < 1.29 is 12.6 Å². The highest BCUT2D eigenvalue weighted by Crippen LogP contribution is 2.42. The highest BCUT2D eigenvalue weighted by atomic mass is 79.9. The van der Waals surface area contributed by atoms with Crippen LogP contribution in [0, 0.1) is 0 Å². The van der Waals surface area contributed by atoms with E-state index in [2.05, 4.69) is 62.6 Å². The maximum absolute atomic E-state index is 11.1. The topological polar surface area (TPSA) is 81.2 Å². The molecule has 1 heterocycles. The zero-order valence-corrected chi connectivity index (χ0v) is 21.5. The van der Waals surface area contributed by atoms with Gasteiger partial charge < -0.3 is 5.32 Å². The Morgan fingerprint density at radius 2 is 1.86 bits per heavy atom. The first kappa shape index (κ1) is 23.7. The van der Waals surface area contributed by atoms with Crippen molar-refractivity contribution in [2.45, 2.75) is 18.8 Å². The van der Waals surface area contributed by atoms with Crippen LogP contribution in [0.4, 0.5) is 11.6 Å². The number of fused-ring (bicyclic) bond motifs is 3. The first-order valence-electron chi connectivity index (χ1n) is 11.3. The molecular weight excluding hydrogens is 526 g/mol. The van der Waals surface area contributed by atoms with E-state index >= 15 is 0 Å². The maximum Gasteiger partial charge on any atom is 0.264 e. The zero-order valence-electron chi connectivity index (χ0n) is 19.1. The van der Waals surface area contributed by atoms with E-state index in [0.717, 1.165) is 45.2 Å². The molecule has 6 nitrogen and oxygen atoms in total. The predicted octanol–water partition coefficient (Wildman–Crippen LogP) is 5.86. The van der Waals surface area contributed by atoms with Gasteiger partial charge in [0, 0.05) is 27.8 Å². The number of aromatic nitrogens is 2. The molecule has 0 saturated heterocycles. The third-order valence-corrected chi connectivity index (χ3v) is 7.12. The van der Waals surface area contributed by atoms with Gasteiger partial charge in [-0.05, 0) is 59.4 Å². The average Bonchev–Trinajstić information content (AvgIpc) is 2.84. The molecule has 35 heavy (non-hydrogen) atoms. The highest BCUT2D eigenvalue weighted by molar-refractivity contribution is 9.10. The van der Waals surface area contributed by atoms with E-state index in [4.69, 9.17) is 9.17 Å². The normalized spacial score (nSPS) is 14.7. The lowest BCUT2D eigenvalue weighted by atomic mass is 9.78. The molecule has 1 aromatic heterocycles. The Bertz CT molecular complexity index is 1470. The van der Waals surface area contributed by atoms with Gasteiger partial charge >= 0.3 is 0 Å². The molecule has 0 spiro atoms. The van der Waals surface area contributed by atoms with Gasteiger partial charge in [-0.3, -0.25) is 4.18 Å². The van der Waals surface area contributed by atoms with Crippen LogP contribution in [-0.4, -0.2) is 31.2 Å². The van der Waals surface area contributed by atoms with E-state index in [1.54, 1.807) is 0 Å². The highest BCUT2D eigenvalue weighted by Gasteiger charge is 2.27. The summed E-state index contributed by atoms with van der Waals surface area (Å²) in [5.41, 5.74) is 7.58. The molecule has 1 N–H and O–H groups in total. The minimum absolute atomic E-state index is 0.125. The van der Waals surface area contributed by atoms with Crippen LogP contribution in [0.25, 0.3) is 11.3 Å². The summed E-state index contributed by atoms with van der Waals surface area (Å²) in [6.07, 6.45) is 4.33. The lowest BCUT2D eigenvalue weighted by molar-refractivity contribution is 0.326. The second-order valence-electron chi connectivity index (χ2n) is 8.56. The van der Waals surface area contributed by atoms with Crippen LogP contribution in [0.1, 0.15) is 28.2 Å². The molecule has 1 aliphatic carbocycles. The van der Waals surface area contributed by atoms with Gasteiger partial charge in [0.15, 0.2) is 0 Å². The fourth-order valence-corrected chi connectivity index (χ4v) is 5.21. The minimum Gasteiger partial charge on any atom is -0.324 e. The molecule has 178 valence electrons. The summed E-state index contributed by atoms with van der Waals surface area (Å²) >= 11 is 3.60. The number of nitrogens with one attached hydrogen (secondary N) is 1. The van der Waals surface area contributed by atoms with E-state index in [1.165, 1.54) is 11.1 Å². The van der Waals surface area contributed by atoms with Crippen molar-refractivity contribution in [3.8, 4) is 11.3 Å². The van der Waals surface area contributed by atoms with Gasteiger partial charge in [0.2, 0.25) is 5.95 Å². The molecule has 4 aromatic rings. The number of hydrogen-bond acceptors (Lipinski definition) is 6. The summed E-state index contributed by atoms with van der Waals surface area (Å²) < 4.78 is 28.1. The smallest absolute Gasteiger partial charge is 0.264 e. The van der Waals surface area contributed by atoms with Crippen molar-refractivity contribution in [2.75, 3.05) is 18.2 Å². The van der Waals surface area contributed by atoms with Crippen LogP contribution in [0.15, 0.2) is 83.5 Å². The van der Waals surface area contributed by atoms with Crippen molar-refractivity contribution in [2.24, 2.45) is 0 Å². The third kappa shape index (κ3) is 5.61. The van der Waals surface area contributed by atoms with Crippen LogP contribution < -0.4 is 5.32 Å². The van der Waals surface area contributed by atoms with Gasteiger partial charge in [-0.15, -0.1) is 0 Å². The maximum atomic E-state index is 11.1. The summed E-state index contributed by atoms with van der Waals surface area (Å²) in [4.78, 5) is 9.46. The van der Waals surface area contributed by atoms with Gasteiger partial charge in [-0.2, -0.15) is 8.42 Å². The van der Waals surface area contributed by atoms with Crippen molar-refractivity contribution >= 4 is 37.7 Å². The standard InChI is InChI=1S/C27H24BrN3O3S/c1-35(32,33)34-14-13-18-9-11-22(12-10-18)30-27-29-17-20-16-25(19-5-4-6-21(28)15-19)23-7-2-3-8-24(23)26(20)31-27/h2-12,15,17,25H,13-14,16H2,1H3,(H,29,30,31). The molecule has 0 fully saturated rings. The first-order chi connectivity index (χ1) is 16.9. The van der Waals surface area contributed by atoms with Gasteiger partial charge in [0.1, 0.15) is 0 Å². The van der Waals surface area contributed by atoms with E-state index in [-0.39, 0.29) is 12.5 Å². The van der Waals surface area contributed by atoms with E-state index in [1.807, 2.05) is 42.6 Å². The summed E-state index contributed by atoms with van der Waals surface area (Å²) in [6, 6.07) is 24.6. The number of halogens is 1. The number of nitrogens with zero attached hydrogens (tertiary/aromatic N) is 2. The summed E-state index contributed by atoms with van der Waals surface area (Å²) in [5.74, 6) is 0.783. The summed E-state index contributed by atoms with van der Waals surface area (Å²) in [6.45, 7) is 0.125. The molecule has 0 saturated carbocycles. The molecule has 1 unspecified atom stereocenters. The monoisotopic (exact) mass is 549 g/mol. The Kier molecular flexibility index (Phi) is 6.69. The average molecular weight is 550 g/mol. The summed E-state index contributed by atoms with van der Waals surface area (Å²) in [7, 11) is -3.42. The molecule has 3 aromatic carbocycles. The molecule has 1 aliphatic rings. The Morgan fingerprint density at radius 1 is 1.06 bits per heavy atom. The van der Waals surface area contributed by atoms with Crippen LogP contribution in [-0.2, 0) is 27.1 Å². The molecule has 1 atom stereocenters. The fourth-order valence-electron chi connectivity index (χ4n) is 4.41. The molecule has 0 bridgehead atoms. The van der Waals surface area contributed by atoms with Crippen molar-refractivity contribution in [1.29, 1.82) is 0 Å². The lowest BCUT2D eigenvalue weighted by Crippen LogP contribution is -2.15. The molecule has 0 amide bonds. The quantitative estimate of drug-likeness (QED) is 0.291. The van der Waals surface area contributed by atoms with E-state index < -0.39 is 10.1 Å². The van der Waals surface area contributed by atoms with Crippen molar-refractivity contribution in [3.05, 3.63) is 106 Å². The van der Waals surface area contributed by atoms with Crippen molar-refractivity contribution in [1.82, 2.24) is 9.97 Å².